The SMILES string of the molecule is COc1ccccc1NC(=S)ON1CCC2(CC1)CC(c1ccc(C(F)(F)F)cc1)=NO2. The van der Waals surface area contributed by atoms with E-state index in [2.05, 4.69) is 10.5 Å². The fraction of sp³-hybridized carbons (Fsp3) is 0.364. The van der Waals surface area contributed by atoms with Crippen LogP contribution >= 0.6 is 12.2 Å². The van der Waals surface area contributed by atoms with Crippen LogP contribution < -0.4 is 10.1 Å². The van der Waals surface area contributed by atoms with E-state index < -0.39 is 17.3 Å². The van der Waals surface area contributed by atoms with E-state index in [-0.39, 0.29) is 5.17 Å². The number of piperidine rings is 1. The minimum absolute atomic E-state index is 0.208. The standard InChI is InChI=1S/C22H22F3N3O3S/c1-29-19-5-3-2-4-17(19)26-20(32)30-28-12-10-21(11-13-28)14-18(27-31-21)15-6-8-16(9-7-15)22(23,24)25/h2-9H,10-14H2,1H3,(H,26,32). The number of benzene rings is 2. The maximum absolute atomic E-state index is 12.8. The van der Waals surface area contributed by atoms with E-state index in [1.165, 1.54) is 12.1 Å². The highest BCUT2D eigenvalue weighted by Crippen LogP contribution is 2.37. The van der Waals surface area contributed by atoms with Crippen molar-refractivity contribution in [2.45, 2.75) is 31.0 Å². The van der Waals surface area contributed by atoms with Gasteiger partial charge in [-0.25, -0.2) is 0 Å². The first-order chi connectivity index (χ1) is 15.3. The zero-order chi connectivity index (χ0) is 22.8. The first kappa shape index (κ1) is 22.3. The fourth-order valence-corrected chi connectivity index (χ4v) is 3.99. The molecule has 0 unspecified atom stereocenters. The maximum atomic E-state index is 12.8. The van der Waals surface area contributed by atoms with Gasteiger partial charge in [0.2, 0.25) is 0 Å². The van der Waals surface area contributed by atoms with Crippen LogP contribution in [0.3, 0.4) is 0 Å². The summed E-state index contributed by atoms with van der Waals surface area (Å²) in [7, 11) is 1.58. The molecule has 170 valence electrons. The van der Waals surface area contributed by atoms with Gasteiger partial charge in [-0.2, -0.15) is 13.2 Å². The average Bonchev–Trinajstić information content (AvgIpc) is 3.19. The number of methoxy groups -OCH3 is 1. The van der Waals surface area contributed by atoms with Gasteiger partial charge in [0.1, 0.15) is 11.4 Å². The van der Waals surface area contributed by atoms with Gasteiger partial charge in [-0.15, -0.1) is 5.06 Å². The highest BCUT2D eigenvalue weighted by atomic mass is 32.1. The molecular formula is C22H22F3N3O3S. The molecule has 2 aromatic carbocycles. The second-order valence-corrected chi connectivity index (χ2v) is 8.07. The number of ether oxygens (including phenoxy) is 1. The number of hydrogen-bond donors (Lipinski definition) is 1. The third-order valence-corrected chi connectivity index (χ3v) is 5.75. The molecule has 4 rings (SSSR count). The van der Waals surface area contributed by atoms with Gasteiger partial charge in [-0.05, 0) is 42.0 Å². The van der Waals surface area contributed by atoms with Crippen molar-refractivity contribution in [2.75, 3.05) is 25.5 Å². The number of halogens is 3. The first-order valence-electron chi connectivity index (χ1n) is 10.1. The van der Waals surface area contributed by atoms with Crippen molar-refractivity contribution < 1.29 is 27.6 Å². The lowest BCUT2D eigenvalue weighted by Crippen LogP contribution is -2.45. The smallest absolute Gasteiger partial charge is 0.416 e. The Bertz CT molecular complexity index is 1000. The molecule has 0 saturated carbocycles. The van der Waals surface area contributed by atoms with Crippen molar-refractivity contribution in [3.8, 4) is 5.75 Å². The Morgan fingerprint density at radius 2 is 1.81 bits per heavy atom. The molecule has 0 amide bonds. The zero-order valence-corrected chi connectivity index (χ0v) is 18.1. The van der Waals surface area contributed by atoms with Crippen LogP contribution in [0.2, 0.25) is 0 Å². The lowest BCUT2D eigenvalue weighted by atomic mass is 9.86. The van der Waals surface area contributed by atoms with Gasteiger partial charge in [0.25, 0.3) is 5.17 Å². The lowest BCUT2D eigenvalue weighted by Gasteiger charge is -2.36. The quantitative estimate of drug-likeness (QED) is 0.642. The van der Waals surface area contributed by atoms with Crippen LogP contribution in [0.5, 0.6) is 5.75 Å². The van der Waals surface area contributed by atoms with Crippen molar-refractivity contribution in [3.05, 3.63) is 59.7 Å². The number of oxime groups is 1. The third-order valence-electron chi connectivity index (χ3n) is 5.57. The van der Waals surface area contributed by atoms with Crippen LogP contribution in [0.25, 0.3) is 0 Å². The van der Waals surface area contributed by atoms with Gasteiger partial charge in [-0.1, -0.05) is 29.4 Å². The minimum atomic E-state index is -4.36. The first-order valence-corrected chi connectivity index (χ1v) is 10.5. The molecule has 10 heteroatoms. The van der Waals surface area contributed by atoms with E-state index in [1.54, 1.807) is 12.2 Å². The van der Waals surface area contributed by atoms with E-state index in [0.717, 1.165) is 12.1 Å². The number of alkyl halides is 3. The Kier molecular flexibility index (Phi) is 6.25. The molecule has 1 fully saturated rings. The number of nitrogens with zero attached hydrogens (tertiary/aromatic N) is 2. The monoisotopic (exact) mass is 465 g/mol. The van der Waals surface area contributed by atoms with Crippen molar-refractivity contribution in [1.29, 1.82) is 0 Å². The van der Waals surface area contributed by atoms with Gasteiger partial charge >= 0.3 is 6.18 Å². The second kappa shape index (κ2) is 8.95. The molecule has 2 heterocycles. The lowest BCUT2D eigenvalue weighted by molar-refractivity contribution is -0.143. The highest BCUT2D eigenvalue weighted by Gasteiger charge is 2.43. The normalized spacial score (nSPS) is 18.1. The third kappa shape index (κ3) is 4.97. The minimum Gasteiger partial charge on any atom is -0.495 e. The number of anilines is 1. The molecule has 0 aromatic heterocycles. The van der Waals surface area contributed by atoms with Gasteiger partial charge in [0.05, 0.1) is 24.1 Å². The average molecular weight is 465 g/mol. The number of hydrogen-bond acceptors (Lipinski definition) is 6. The van der Waals surface area contributed by atoms with Crippen LogP contribution in [0.15, 0.2) is 53.7 Å². The Balaban J connectivity index is 1.29. The molecule has 0 aliphatic carbocycles. The maximum Gasteiger partial charge on any atom is 0.416 e. The number of nitrogens with one attached hydrogen (secondary N) is 1. The van der Waals surface area contributed by atoms with Gasteiger partial charge in [0, 0.05) is 32.4 Å². The molecule has 0 bridgehead atoms. The Morgan fingerprint density at radius 1 is 1.12 bits per heavy atom. The van der Waals surface area contributed by atoms with E-state index in [0.29, 0.717) is 55.1 Å². The molecule has 32 heavy (non-hydrogen) atoms. The molecule has 2 aliphatic heterocycles. The summed E-state index contributed by atoms with van der Waals surface area (Å²) in [6, 6.07) is 12.4. The summed E-state index contributed by atoms with van der Waals surface area (Å²) in [5.41, 5.74) is 0.841. The summed E-state index contributed by atoms with van der Waals surface area (Å²) in [4.78, 5) is 11.5. The van der Waals surface area contributed by atoms with E-state index in [9.17, 15) is 13.2 Å². The predicted octanol–water partition coefficient (Wildman–Crippen LogP) is 5.00. The van der Waals surface area contributed by atoms with Crippen molar-refractivity contribution >= 4 is 28.8 Å². The van der Waals surface area contributed by atoms with Gasteiger partial charge in [0.15, 0.2) is 0 Å². The van der Waals surface area contributed by atoms with Crippen LogP contribution in [-0.4, -0.2) is 41.7 Å². The van der Waals surface area contributed by atoms with E-state index in [1.807, 2.05) is 24.3 Å². The Morgan fingerprint density at radius 3 is 2.47 bits per heavy atom. The zero-order valence-electron chi connectivity index (χ0n) is 17.3. The van der Waals surface area contributed by atoms with E-state index >= 15 is 0 Å². The summed E-state index contributed by atoms with van der Waals surface area (Å²) in [5, 5.41) is 9.15. The highest BCUT2D eigenvalue weighted by molar-refractivity contribution is 7.80. The summed E-state index contributed by atoms with van der Waals surface area (Å²) in [6.45, 7) is 1.15. The number of hydroxylamine groups is 2. The molecule has 2 aromatic rings. The molecule has 2 aliphatic rings. The van der Waals surface area contributed by atoms with Crippen molar-refractivity contribution in [3.63, 3.8) is 0 Å². The fourth-order valence-electron chi connectivity index (χ4n) is 3.78. The molecule has 1 saturated heterocycles. The Hall–Kier alpha value is -2.85. The van der Waals surface area contributed by atoms with Crippen LogP contribution in [-0.2, 0) is 15.9 Å². The summed E-state index contributed by atoms with van der Waals surface area (Å²) in [5.74, 6) is 0.656. The predicted molar refractivity (Wildman–Crippen MR) is 118 cm³/mol. The van der Waals surface area contributed by atoms with Crippen LogP contribution in [0.4, 0.5) is 18.9 Å². The summed E-state index contributed by atoms with van der Waals surface area (Å²) >= 11 is 5.31. The van der Waals surface area contributed by atoms with Gasteiger partial charge in [-0.3, -0.25) is 0 Å². The van der Waals surface area contributed by atoms with Crippen molar-refractivity contribution in [2.24, 2.45) is 5.16 Å². The summed E-state index contributed by atoms with van der Waals surface area (Å²) in [6.07, 6.45) is -2.52. The number of rotatable bonds is 4. The molecule has 0 atom stereocenters. The molecule has 0 radical (unpaired) electrons. The number of para-hydroxylation sites is 2. The molecular weight excluding hydrogens is 443 g/mol. The molecule has 6 nitrogen and oxygen atoms in total. The topological polar surface area (TPSA) is 55.3 Å². The second-order valence-electron chi connectivity index (χ2n) is 7.70. The van der Waals surface area contributed by atoms with Gasteiger partial charge < -0.3 is 19.7 Å². The Labute approximate surface area is 188 Å². The largest absolute Gasteiger partial charge is 0.495 e. The van der Waals surface area contributed by atoms with Crippen LogP contribution in [0, 0.1) is 0 Å². The summed E-state index contributed by atoms with van der Waals surface area (Å²) < 4.78 is 43.6. The van der Waals surface area contributed by atoms with Crippen LogP contribution in [0.1, 0.15) is 30.4 Å². The molecule has 1 spiro atoms. The number of thiocarbonyl (C=S) groups is 1. The van der Waals surface area contributed by atoms with Crippen molar-refractivity contribution in [1.82, 2.24) is 5.06 Å². The molecule has 1 N–H and O–H groups in total. The van der Waals surface area contributed by atoms with E-state index in [4.69, 9.17) is 26.6 Å².